The second-order valence-electron chi connectivity index (χ2n) is 8.12. The highest BCUT2D eigenvalue weighted by Gasteiger charge is 2.74. The molecule has 0 spiro atoms. The molecular formula is C22H28O7. The summed E-state index contributed by atoms with van der Waals surface area (Å²) < 4.78 is 28.1. The number of allylic oxidation sites excluding steroid dienone is 1. The van der Waals surface area contributed by atoms with Crippen LogP contribution in [0.25, 0.3) is 0 Å². The predicted octanol–water partition coefficient (Wildman–Crippen LogP) is 2.45. The van der Waals surface area contributed by atoms with Crippen molar-refractivity contribution >= 4 is 5.78 Å². The fourth-order valence-corrected chi connectivity index (χ4v) is 5.81. The van der Waals surface area contributed by atoms with Gasteiger partial charge in [-0.05, 0) is 36.5 Å². The maximum atomic E-state index is 13.8. The maximum absolute atomic E-state index is 13.8. The summed E-state index contributed by atoms with van der Waals surface area (Å²) in [5, 5.41) is 11.2. The Morgan fingerprint density at radius 3 is 2.69 bits per heavy atom. The average molecular weight is 404 g/mol. The Hall–Kier alpha value is -2.09. The lowest BCUT2D eigenvalue weighted by Crippen LogP contribution is -2.62. The summed E-state index contributed by atoms with van der Waals surface area (Å²) in [4.78, 5) is 13.8. The van der Waals surface area contributed by atoms with Crippen LogP contribution in [0, 0.1) is 11.3 Å². The number of carbonyl (C=O) groups excluding carboxylic acids is 1. The summed E-state index contributed by atoms with van der Waals surface area (Å²) in [6.07, 6.45) is 1.05. The molecule has 1 aliphatic heterocycles. The van der Waals surface area contributed by atoms with E-state index in [-0.39, 0.29) is 18.5 Å². The molecule has 4 rings (SSSR count). The molecule has 0 saturated heterocycles. The Labute approximate surface area is 170 Å². The van der Waals surface area contributed by atoms with Crippen molar-refractivity contribution in [3.8, 4) is 17.2 Å². The molecule has 7 heteroatoms. The molecular weight excluding hydrogens is 376 g/mol. The normalized spacial score (nSPS) is 37.6. The summed E-state index contributed by atoms with van der Waals surface area (Å²) >= 11 is 0. The molecule has 0 aromatic heterocycles. The molecule has 1 aromatic rings. The van der Waals surface area contributed by atoms with Crippen LogP contribution in [0.5, 0.6) is 17.2 Å². The summed E-state index contributed by atoms with van der Waals surface area (Å²) in [5.41, 5.74) is -1.36. The van der Waals surface area contributed by atoms with Crippen molar-refractivity contribution in [1.29, 1.82) is 0 Å². The van der Waals surface area contributed by atoms with Crippen molar-refractivity contribution in [3.63, 3.8) is 0 Å². The second kappa shape index (κ2) is 7.00. The number of benzene rings is 1. The predicted molar refractivity (Wildman–Crippen MR) is 104 cm³/mol. The number of hydrogen-bond acceptors (Lipinski definition) is 7. The van der Waals surface area contributed by atoms with Crippen LogP contribution in [-0.4, -0.2) is 56.8 Å². The third-order valence-electron chi connectivity index (χ3n) is 7.19. The van der Waals surface area contributed by atoms with Crippen LogP contribution in [0.4, 0.5) is 0 Å². The number of aliphatic hydroxyl groups is 1. The number of ketones is 1. The lowest BCUT2D eigenvalue weighted by molar-refractivity contribution is -0.190. The van der Waals surface area contributed by atoms with E-state index in [0.717, 1.165) is 5.56 Å². The van der Waals surface area contributed by atoms with Crippen LogP contribution in [0.15, 0.2) is 24.8 Å². The van der Waals surface area contributed by atoms with Crippen LogP contribution < -0.4 is 14.2 Å². The fraction of sp³-hybridized carbons (Fsp3) is 0.591. The number of hydrogen-bond donors (Lipinski definition) is 1. The van der Waals surface area contributed by atoms with Gasteiger partial charge in [0.25, 0.3) is 0 Å². The topological polar surface area (TPSA) is 83.5 Å². The number of Topliss-reactive ketones (excluding diaryl/α,β-unsaturated/α-hetero) is 1. The van der Waals surface area contributed by atoms with Crippen LogP contribution in [-0.2, 0) is 14.3 Å². The molecule has 6 atom stereocenters. The lowest BCUT2D eigenvalue weighted by atomic mass is 9.66. The molecule has 158 valence electrons. The molecule has 2 saturated carbocycles. The van der Waals surface area contributed by atoms with Gasteiger partial charge < -0.3 is 28.8 Å². The third kappa shape index (κ3) is 2.44. The summed E-state index contributed by atoms with van der Waals surface area (Å²) in [7, 11) is 4.59. The van der Waals surface area contributed by atoms with Gasteiger partial charge in [0.1, 0.15) is 6.10 Å². The van der Waals surface area contributed by atoms with E-state index in [1.807, 2.05) is 19.1 Å². The van der Waals surface area contributed by atoms with E-state index in [4.69, 9.17) is 23.7 Å². The van der Waals surface area contributed by atoms with Crippen molar-refractivity contribution in [2.24, 2.45) is 11.3 Å². The minimum atomic E-state index is -1.43. The first kappa shape index (κ1) is 20.2. The van der Waals surface area contributed by atoms with Gasteiger partial charge in [-0.25, -0.2) is 0 Å². The molecule has 2 fully saturated rings. The van der Waals surface area contributed by atoms with Crippen molar-refractivity contribution in [2.75, 3.05) is 28.1 Å². The largest absolute Gasteiger partial charge is 0.493 e. The quantitative estimate of drug-likeness (QED) is 0.729. The molecule has 3 aliphatic rings. The third-order valence-corrected chi connectivity index (χ3v) is 7.19. The van der Waals surface area contributed by atoms with Crippen LogP contribution >= 0.6 is 0 Å². The highest BCUT2D eigenvalue weighted by atomic mass is 16.7. The van der Waals surface area contributed by atoms with E-state index in [1.165, 1.54) is 7.11 Å². The first-order chi connectivity index (χ1) is 13.9. The second-order valence-corrected chi connectivity index (χ2v) is 8.12. The zero-order valence-electron chi connectivity index (χ0n) is 17.3. The van der Waals surface area contributed by atoms with Gasteiger partial charge >= 0.3 is 0 Å². The summed E-state index contributed by atoms with van der Waals surface area (Å²) in [6, 6.07) is 3.70. The number of rotatable bonds is 6. The SMILES string of the molecule is C=CC[C@]12C[C@H](OC)[C@H](O)[C@](OC)(C1=O)[C@H](c1cc(OC)c3c(c1)OCO3)[C@H]2C. The van der Waals surface area contributed by atoms with E-state index in [1.54, 1.807) is 20.3 Å². The number of carbonyl (C=O) groups is 1. The molecule has 1 heterocycles. The van der Waals surface area contributed by atoms with Gasteiger partial charge in [-0.15, -0.1) is 6.58 Å². The molecule has 0 unspecified atom stereocenters. The van der Waals surface area contributed by atoms with E-state index < -0.39 is 29.1 Å². The maximum Gasteiger partial charge on any atom is 0.231 e. The first-order valence-corrected chi connectivity index (χ1v) is 9.80. The standard InChI is InChI=1S/C22H28O7/c1-6-7-21-10-16(26-4)19(23)22(27-5,20(21)24)17(12(21)2)13-8-14(25-3)18-15(9-13)28-11-29-18/h6,8-9,12,16-17,19,23H,1,7,10-11H2,2-5H3/t12-,16+,17+,19+,21-,22+/m1/s1. The number of fused-ring (bicyclic) bond motifs is 3. The van der Waals surface area contributed by atoms with Crippen molar-refractivity contribution in [3.05, 3.63) is 30.4 Å². The monoisotopic (exact) mass is 404 g/mol. The molecule has 0 radical (unpaired) electrons. The zero-order chi connectivity index (χ0) is 21.0. The minimum absolute atomic E-state index is 0.0951. The Bertz CT molecular complexity index is 837. The van der Waals surface area contributed by atoms with Gasteiger partial charge in [0.15, 0.2) is 22.9 Å². The first-order valence-electron chi connectivity index (χ1n) is 9.80. The number of ether oxygens (including phenoxy) is 5. The van der Waals surface area contributed by atoms with Gasteiger partial charge in [-0.1, -0.05) is 13.0 Å². The lowest BCUT2D eigenvalue weighted by Gasteiger charge is -2.45. The molecule has 1 aromatic carbocycles. The molecule has 1 N–H and O–H groups in total. The van der Waals surface area contributed by atoms with Gasteiger partial charge in [-0.2, -0.15) is 0 Å². The highest BCUT2D eigenvalue weighted by molar-refractivity contribution is 5.99. The number of aliphatic hydroxyl groups excluding tert-OH is 1. The van der Waals surface area contributed by atoms with Crippen molar-refractivity contribution < 1.29 is 33.6 Å². The van der Waals surface area contributed by atoms with Crippen LogP contribution in [0.3, 0.4) is 0 Å². The average Bonchev–Trinajstić information content (AvgIpc) is 3.24. The smallest absolute Gasteiger partial charge is 0.231 e. The van der Waals surface area contributed by atoms with E-state index in [9.17, 15) is 9.90 Å². The van der Waals surface area contributed by atoms with Crippen molar-refractivity contribution in [1.82, 2.24) is 0 Å². The minimum Gasteiger partial charge on any atom is -0.493 e. The molecule has 7 nitrogen and oxygen atoms in total. The van der Waals surface area contributed by atoms with Gasteiger partial charge in [0.05, 0.1) is 13.2 Å². The van der Waals surface area contributed by atoms with Gasteiger partial charge in [-0.3, -0.25) is 4.79 Å². The van der Waals surface area contributed by atoms with E-state index >= 15 is 0 Å². The van der Waals surface area contributed by atoms with Crippen molar-refractivity contribution in [2.45, 2.75) is 43.5 Å². The Balaban J connectivity index is 1.94. The Morgan fingerprint density at radius 1 is 1.31 bits per heavy atom. The van der Waals surface area contributed by atoms with Crippen LogP contribution in [0.2, 0.25) is 0 Å². The molecule has 2 aliphatic carbocycles. The Morgan fingerprint density at radius 2 is 2.07 bits per heavy atom. The van der Waals surface area contributed by atoms with Gasteiger partial charge in [0.2, 0.25) is 12.5 Å². The number of methoxy groups -OCH3 is 3. The summed E-state index contributed by atoms with van der Waals surface area (Å²) in [6.45, 7) is 6.02. The summed E-state index contributed by atoms with van der Waals surface area (Å²) in [5.74, 6) is 0.979. The zero-order valence-corrected chi connectivity index (χ0v) is 17.3. The fourth-order valence-electron chi connectivity index (χ4n) is 5.81. The Kier molecular flexibility index (Phi) is 4.88. The molecule has 29 heavy (non-hydrogen) atoms. The molecule has 2 bridgehead atoms. The van der Waals surface area contributed by atoms with Gasteiger partial charge in [0, 0.05) is 25.6 Å². The van der Waals surface area contributed by atoms with E-state index in [2.05, 4.69) is 6.58 Å². The highest BCUT2D eigenvalue weighted by Crippen LogP contribution is 2.64. The molecule has 0 amide bonds. The van der Waals surface area contributed by atoms with Crippen LogP contribution in [0.1, 0.15) is 31.2 Å². The van der Waals surface area contributed by atoms with E-state index in [0.29, 0.717) is 30.1 Å².